The van der Waals surface area contributed by atoms with Gasteiger partial charge >= 0.3 is 5.97 Å². The van der Waals surface area contributed by atoms with Crippen LogP contribution in [0, 0.1) is 0 Å². The number of aryl methyl sites for hydroxylation is 1. The molecule has 4 heteroatoms. The average molecular weight is 232 g/mol. The number of H-pyrrole nitrogens is 1. The molecule has 0 spiro atoms. The number of carbonyl (C=O) groups excluding carboxylic acids is 1. The lowest BCUT2D eigenvalue weighted by molar-refractivity contribution is -0.142. The third kappa shape index (κ3) is 2.47. The summed E-state index contributed by atoms with van der Waals surface area (Å²) in [5, 5.41) is 1.18. The second-order valence-electron chi connectivity index (χ2n) is 4.03. The lowest BCUT2D eigenvalue weighted by atomic mass is 10.1. The van der Waals surface area contributed by atoms with Crippen molar-refractivity contribution in [3.05, 3.63) is 36.0 Å². The molecule has 3 N–H and O–H groups in total. The topological polar surface area (TPSA) is 68.1 Å². The molecule has 0 radical (unpaired) electrons. The number of carbonyl (C=O) groups is 1. The van der Waals surface area contributed by atoms with E-state index in [0.717, 1.165) is 11.9 Å². The minimum atomic E-state index is -0.548. The molecule has 90 valence electrons. The first kappa shape index (κ1) is 11.7. The fraction of sp³-hybridized carbons (Fsp3) is 0.308. The lowest BCUT2D eigenvalue weighted by Crippen LogP contribution is -2.31. The van der Waals surface area contributed by atoms with Crippen molar-refractivity contribution in [2.75, 3.05) is 7.11 Å². The normalized spacial score (nSPS) is 12.6. The minimum Gasteiger partial charge on any atom is -0.468 e. The SMILES string of the molecule is COC(=O)[C@@H](N)CCc1c[nH]c2ccccc12. The second-order valence-corrected chi connectivity index (χ2v) is 4.03. The number of para-hydroxylation sites is 1. The maximum Gasteiger partial charge on any atom is 0.322 e. The van der Waals surface area contributed by atoms with Crippen molar-refractivity contribution in [2.24, 2.45) is 5.73 Å². The maximum absolute atomic E-state index is 11.2. The number of aromatic nitrogens is 1. The largest absolute Gasteiger partial charge is 0.468 e. The van der Waals surface area contributed by atoms with E-state index in [-0.39, 0.29) is 5.97 Å². The Bertz CT molecular complexity index is 519. The molecule has 1 heterocycles. The van der Waals surface area contributed by atoms with Crippen LogP contribution in [0.1, 0.15) is 12.0 Å². The van der Waals surface area contributed by atoms with Crippen LogP contribution in [0.15, 0.2) is 30.5 Å². The minimum absolute atomic E-state index is 0.357. The summed E-state index contributed by atoms with van der Waals surface area (Å²) in [5.41, 5.74) is 7.99. The van der Waals surface area contributed by atoms with Crippen LogP contribution >= 0.6 is 0 Å². The molecular formula is C13H16N2O2. The number of benzene rings is 1. The van der Waals surface area contributed by atoms with E-state index in [1.54, 1.807) is 0 Å². The Morgan fingerprint density at radius 3 is 3.00 bits per heavy atom. The Hall–Kier alpha value is -1.81. The van der Waals surface area contributed by atoms with Gasteiger partial charge in [0.1, 0.15) is 6.04 Å². The Kier molecular flexibility index (Phi) is 3.44. The Morgan fingerprint density at radius 2 is 2.24 bits per heavy atom. The van der Waals surface area contributed by atoms with Crippen LogP contribution in [0.4, 0.5) is 0 Å². The molecule has 2 aromatic rings. The zero-order chi connectivity index (χ0) is 12.3. The van der Waals surface area contributed by atoms with Crippen molar-refractivity contribution in [3.8, 4) is 0 Å². The van der Waals surface area contributed by atoms with E-state index in [1.165, 1.54) is 18.1 Å². The number of aromatic amines is 1. The molecule has 1 atom stereocenters. The summed E-state index contributed by atoms with van der Waals surface area (Å²) in [7, 11) is 1.36. The summed E-state index contributed by atoms with van der Waals surface area (Å²) in [6.45, 7) is 0. The van der Waals surface area contributed by atoms with E-state index in [9.17, 15) is 4.79 Å². The van der Waals surface area contributed by atoms with Crippen LogP contribution in [-0.2, 0) is 16.0 Å². The molecule has 4 nitrogen and oxygen atoms in total. The van der Waals surface area contributed by atoms with Gasteiger partial charge in [0.25, 0.3) is 0 Å². The molecule has 0 saturated heterocycles. The number of methoxy groups -OCH3 is 1. The summed E-state index contributed by atoms with van der Waals surface area (Å²) < 4.78 is 4.60. The molecule has 0 aliphatic carbocycles. The van der Waals surface area contributed by atoms with E-state index < -0.39 is 6.04 Å². The second kappa shape index (κ2) is 5.01. The molecule has 0 bridgehead atoms. The Labute approximate surface area is 99.8 Å². The van der Waals surface area contributed by atoms with Gasteiger partial charge in [0.15, 0.2) is 0 Å². The highest BCUT2D eigenvalue weighted by Gasteiger charge is 2.14. The van der Waals surface area contributed by atoms with E-state index in [4.69, 9.17) is 5.73 Å². The van der Waals surface area contributed by atoms with Crippen molar-refractivity contribution in [3.63, 3.8) is 0 Å². The van der Waals surface area contributed by atoms with E-state index in [1.807, 2.05) is 24.4 Å². The number of fused-ring (bicyclic) bond motifs is 1. The summed E-state index contributed by atoms with van der Waals surface area (Å²) >= 11 is 0. The first-order valence-corrected chi connectivity index (χ1v) is 5.61. The number of esters is 1. The number of hydrogen-bond acceptors (Lipinski definition) is 3. The number of ether oxygens (including phenoxy) is 1. The van der Waals surface area contributed by atoms with Gasteiger partial charge in [0.05, 0.1) is 7.11 Å². The highest BCUT2D eigenvalue weighted by molar-refractivity contribution is 5.83. The molecule has 17 heavy (non-hydrogen) atoms. The zero-order valence-corrected chi connectivity index (χ0v) is 9.77. The molecule has 0 fully saturated rings. The number of nitrogens with two attached hydrogens (primary N) is 1. The van der Waals surface area contributed by atoms with Crippen LogP contribution in [0.3, 0.4) is 0 Å². The van der Waals surface area contributed by atoms with Crippen molar-refractivity contribution in [1.82, 2.24) is 4.98 Å². The Morgan fingerprint density at radius 1 is 1.47 bits per heavy atom. The first-order chi connectivity index (χ1) is 8.22. The van der Waals surface area contributed by atoms with Crippen LogP contribution in [-0.4, -0.2) is 24.1 Å². The molecule has 0 amide bonds. The first-order valence-electron chi connectivity index (χ1n) is 5.61. The predicted octanol–water partition coefficient (Wildman–Crippen LogP) is 1.60. The summed E-state index contributed by atoms with van der Waals surface area (Å²) in [5.74, 6) is -0.357. The van der Waals surface area contributed by atoms with Gasteiger partial charge in [-0.25, -0.2) is 0 Å². The monoisotopic (exact) mass is 232 g/mol. The van der Waals surface area contributed by atoms with Crippen molar-refractivity contribution >= 4 is 16.9 Å². The van der Waals surface area contributed by atoms with Crippen LogP contribution in [0.5, 0.6) is 0 Å². The van der Waals surface area contributed by atoms with Gasteiger partial charge in [-0.2, -0.15) is 0 Å². The van der Waals surface area contributed by atoms with Gasteiger partial charge < -0.3 is 15.5 Å². The van der Waals surface area contributed by atoms with Gasteiger partial charge in [-0.05, 0) is 24.5 Å². The van der Waals surface area contributed by atoms with Gasteiger partial charge in [0, 0.05) is 17.1 Å². The molecule has 0 aliphatic rings. The molecular weight excluding hydrogens is 216 g/mol. The Balaban J connectivity index is 2.07. The number of hydrogen-bond donors (Lipinski definition) is 2. The molecule has 0 aliphatic heterocycles. The van der Waals surface area contributed by atoms with Crippen LogP contribution < -0.4 is 5.73 Å². The van der Waals surface area contributed by atoms with Gasteiger partial charge in [-0.1, -0.05) is 18.2 Å². The highest BCUT2D eigenvalue weighted by Crippen LogP contribution is 2.19. The average Bonchev–Trinajstić information content (AvgIpc) is 2.78. The van der Waals surface area contributed by atoms with E-state index >= 15 is 0 Å². The summed E-state index contributed by atoms with van der Waals surface area (Å²) in [4.78, 5) is 14.4. The van der Waals surface area contributed by atoms with Crippen LogP contribution in [0.2, 0.25) is 0 Å². The number of rotatable bonds is 4. The molecule has 2 rings (SSSR count). The lowest BCUT2D eigenvalue weighted by Gasteiger charge is -2.08. The highest BCUT2D eigenvalue weighted by atomic mass is 16.5. The van der Waals surface area contributed by atoms with Gasteiger partial charge in [-0.15, -0.1) is 0 Å². The van der Waals surface area contributed by atoms with Crippen LogP contribution in [0.25, 0.3) is 10.9 Å². The zero-order valence-electron chi connectivity index (χ0n) is 9.77. The van der Waals surface area contributed by atoms with Crippen molar-refractivity contribution < 1.29 is 9.53 Å². The number of nitrogens with one attached hydrogen (secondary N) is 1. The smallest absolute Gasteiger partial charge is 0.322 e. The maximum atomic E-state index is 11.2. The molecule has 0 unspecified atom stereocenters. The van der Waals surface area contributed by atoms with Gasteiger partial charge in [-0.3, -0.25) is 4.79 Å². The standard InChI is InChI=1S/C13H16N2O2/c1-17-13(16)11(14)7-6-9-8-15-12-5-3-2-4-10(9)12/h2-5,8,11,15H,6-7,14H2,1H3/t11-/m0/s1. The van der Waals surface area contributed by atoms with E-state index in [2.05, 4.69) is 15.8 Å². The van der Waals surface area contributed by atoms with Crippen molar-refractivity contribution in [1.29, 1.82) is 0 Å². The van der Waals surface area contributed by atoms with Crippen molar-refractivity contribution in [2.45, 2.75) is 18.9 Å². The third-order valence-corrected chi connectivity index (χ3v) is 2.90. The molecule has 0 saturated carbocycles. The van der Waals surface area contributed by atoms with Gasteiger partial charge in [0.2, 0.25) is 0 Å². The summed E-state index contributed by atoms with van der Waals surface area (Å²) in [6, 6.07) is 7.53. The fourth-order valence-corrected chi connectivity index (χ4v) is 1.92. The quantitative estimate of drug-likeness (QED) is 0.787. The molecule has 1 aromatic carbocycles. The third-order valence-electron chi connectivity index (χ3n) is 2.90. The predicted molar refractivity (Wildman–Crippen MR) is 66.6 cm³/mol. The fourth-order valence-electron chi connectivity index (χ4n) is 1.92. The van der Waals surface area contributed by atoms with E-state index in [0.29, 0.717) is 6.42 Å². The molecule has 1 aromatic heterocycles. The summed E-state index contributed by atoms with van der Waals surface area (Å²) in [6.07, 6.45) is 3.32.